The van der Waals surface area contributed by atoms with E-state index in [-0.39, 0.29) is 28.6 Å². The third-order valence-corrected chi connectivity index (χ3v) is 6.39. The van der Waals surface area contributed by atoms with E-state index in [1.165, 1.54) is 4.90 Å². The average molecular weight is 472 g/mol. The molecular weight excluding hydrogens is 449 g/mol. The Morgan fingerprint density at radius 3 is 2.22 bits per heavy atom. The summed E-state index contributed by atoms with van der Waals surface area (Å²) in [7, 11) is 0. The second-order valence-corrected chi connectivity index (χ2v) is 8.79. The van der Waals surface area contributed by atoms with E-state index in [4.69, 9.17) is 23.2 Å². The van der Waals surface area contributed by atoms with E-state index in [1.807, 2.05) is 0 Å². The second kappa shape index (κ2) is 9.76. The van der Waals surface area contributed by atoms with Crippen molar-refractivity contribution in [2.45, 2.75) is 44.7 Å². The van der Waals surface area contributed by atoms with E-state index in [1.54, 1.807) is 48.5 Å². The van der Waals surface area contributed by atoms with Crippen LogP contribution in [0.25, 0.3) is 0 Å². The number of hydrogen-bond acceptors (Lipinski definition) is 4. The van der Waals surface area contributed by atoms with E-state index in [0.717, 1.165) is 37.7 Å². The molecule has 2 aromatic rings. The van der Waals surface area contributed by atoms with E-state index in [9.17, 15) is 14.4 Å². The summed E-state index contributed by atoms with van der Waals surface area (Å²) in [4.78, 5) is 39.1. The van der Waals surface area contributed by atoms with Gasteiger partial charge in [0.15, 0.2) is 0 Å². The normalized spacial score (nSPS) is 17.1. The maximum atomic E-state index is 12.8. The second-order valence-electron chi connectivity index (χ2n) is 7.97. The fourth-order valence-corrected chi connectivity index (χ4v) is 4.41. The molecule has 2 aromatic carbocycles. The minimum absolute atomic E-state index is 0.0560. The molecule has 1 aliphatic heterocycles. The van der Waals surface area contributed by atoms with Gasteiger partial charge in [0.05, 0.1) is 0 Å². The average Bonchev–Trinajstić information content (AvgIpc) is 3.02. The zero-order chi connectivity index (χ0) is 22.7. The molecule has 6 nitrogen and oxygen atoms in total. The van der Waals surface area contributed by atoms with Crippen LogP contribution < -0.4 is 10.6 Å². The molecule has 0 unspecified atom stereocenters. The molecule has 1 heterocycles. The topological polar surface area (TPSA) is 78.5 Å². The molecule has 166 valence electrons. The van der Waals surface area contributed by atoms with Crippen molar-refractivity contribution in [2.24, 2.45) is 0 Å². The van der Waals surface area contributed by atoms with Gasteiger partial charge in [-0.15, -0.1) is 0 Å². The fraction of sp³-hybridized carbons (Fsp3) is 0.292. The van der Waals surface area contributed by atoms with Crippen molar-refractivity contribution in [3.05, 3.63) is 75.4 Å². The SMILES string of the molecule is O=C(Nc1ccc(Cl)cc1)c1ccc(CNC2=C(Cl)C(=O)N(C3CCCCC3)C2=O)cc1. The number of carbonyl (C=O) groups excluding carboxylic acids is 3. The Balaban J connectivity index is 1.36. The molecule has 2 N–H and O–H groups in total. The van der Waals surface area contributed by atoms with Crippen LogP contribution in [0.5, 0.6) is 0 Å². The molecule has 3 amide bonds. The highest BCUT2D eigenvalue weighted by Gasteiger charge is 2.41. The summed E-state index contributed by atoms with van der Waals surface area (Å²) in [6, 6.07) is 13.8. The maximum Gasteiger partial charge on any atom is 0.278 e. The van der Waals surface area contributed by atoms with Gasteiger partial charge >= 0.3 is 0 Å². The van der Waals surface area contributed by atoms with Crippen molar-refractivity contribution in [1.29, 1.82) is 0 Å². The molecule has 1 saturated carbocycles. The van der Waals surface area contributed by atoms with Crippen LogP contribution in [0.1, 0.15) is 48.0 Å². The van der Waals surface area contributed by atoms with Crippen LogP contribution in [0.4, 0.5) is 5.69 Å². The molecule has 1 aliphatic carbocycles. The van der Waals surface area contributed by atoms with Gasteiger partial charge in [-0.2, -0.15) is 0 Å². The summed E-state index contributed by atoms with van der Waals surface area (Å²) in [6.07, 6.45) is 4.82. The number of nitrogens with one attached hydrogen (secondary N) is 2. The van der Waals surface area contributed by atoms with Crippen LogP contribution in [0.3, 0.4) is 0 Å². The lowest BCUT2D eigenvalue weighted by Gasteiger charge is -2.29. The van der Waals surface area contributed by atoms with Crippen molar-refractivity contribution >= 4 is 46.6 Å². The number of amides is 3. The quantitative estimate of drug-likeness (QED) is 0.591. The summed E-state index contributed by atoms with van der Waals surface area (Å²) in [5.41, 5.74) is 2.14. The van der Waals surface area contributed by atoms with E-state index in [2.05, 4.69) is 10.6 Å². The van der Waals surface area contributed by atoms with Gasteiger partial charge in [0.1, 0.15) is 10.7 Å². The fourth-order valence-electron chi connectivity index (χ4n) is 4.04. The highest BCUT2D eigenvalue weighted by molar-refractivity contribution is 6.47. The summed E-state index contributed by atoms with van der Waals surface area (Å²) in [6.45, 7) is 0.308. The molecule has 4 rings (SSSR count). The number of carbonyl (C=O) groups is 3. The van der Waals surface area contributed by atoms with Gasteiger partial charge in [0, 0.05) is 28.9 Å². The first kappa shape index (κ1) is 22.4. The number of imide groups is 1. The van der Waals surface area contributed by atoms with Crippen LogP contribution in [0, 0.1) is 0 Å². The molecule has 0 atom stereocenters. The summed E-state index contributed by atoms with van der Waals surface area (Å²) in [5.74, 6) is -1.01. The minimum Gasteiger partial charge on any atom is -0.375 e. The Labute approximate surface area is 196 Å². The lowest BCUT2D eigenvalue weighted by Crippen LogP contribution is -2.43. The van der Waals surface area contributed by atoms with E-state index < -0.39 is 5.91 Å². The van der Waals surface area contributed by atoms with Gasteiger partial charge in [-0.1, -0.05) is 54.6 Å². The standard InChI is InChI=1S/C24H23Cl2N3O3/c25-17-10-12-18(13-11-17)28-22(30)16-8-6-15(7-9-16)14-27-21-20(26)23(31)29(24(21)32)19-4-2-1-3-5-19/h6-13,19,27H,1-5,14H2,(H,28,30). The van der Waals surface area contributed by atoms with E-state index in [0.29, 0.717) is 22.8 Å². The van der Waals surface area contributed by atoms with Gasteiger partial charge in [-0.25, -0.2) is 0 Å². The first-order valence-corrected chi connectivity index (χ1v) is 11.4. The summed E-state index contributed by atoms with van der Waals surface area (Å²) < 4.78 is 0. The maximum absolute atomic E-state index is 12.8. The van der Waals surface area contributed by atoms with Crippen molar-refractivity contribution in [1.82, 2.24) is 10.2 Å². The van der Waals surface area contributed by atoms with Crippen molar-refractivity contribution in [2.75, 3.05) is 5.32 Å². The molecule has 32 heavy (non-hydrogen) atoms. The number of halogens is 2. The molecule has 8 heteroatoms. The molecule has 0 saturated heterocycles. The molecule has 2 aliphatic rings. The van der Waals surface area contributed by atoms with E-state index >= 15 is 0 Å². The van der Waals surface area contributed by atoms with Crippen LogP contribution in [-0.2, 0) is 16.1 Å². The Kier molecular flexibility index (Phi) is 6.82. The highest BCUT2D eigenvalue weighted by atomic mass is 35.5. The summed E-state index contributed by atoms with van der Waals surface area (Å²) in [5, 5.41) is 6.36. The molecule has 1 fully saturated rings. The smallest absolute Gasteiger partial charge is 0.278 e. The minimum atomic E-state index is -0.416. The van der Waals surface area contributed by atoms with Gasteiger partial charge in [0.25, 0.3) is 17.7 Å². The highest BCUT2D eigenvalue weighted by Crippen LogP contribution is 2.30. The van der Waals surface area contributed by atoms with Gasteiger partial charge in [-0.3, -0.25) is 19.3 Å². The lowest BCUT2D eigenvalue weighted by atomic mass is 9.94. The molecular formula is C24H23Cl2N3O3. The molecule has 0 bridgehead atoms. The van der Waals surface area contributed by atoms with Gasteiger partial charge in [0.2, 0.25) is 0 Å². The van der Waals surface area contributed by atoms with Crippen LogP contribution in [-0.4, -0.2) is 28.7 Å². The Morgan fingerprint density at radius 1 is 0.906 bits per heavy atom. The lowest BCUT2D eigenvalue weighted by molar-refractivity contribution is -0.140. The van der Waals surface area contributed by atoms with Crippen LogP contribution >= 0.6 is 23.2 Å². The number of hydrogen-bond donors (Lipinski definition) is 2. The summed E-state index contributed by atoms with van der Waals surface area (Å²) >= 11 is 12.1. The third-order valence-electron chi connectivity index (χ3n) is 5.79. The van der Waals surface area contributed by atoms with Crippen molar-refractivity contribution < 1.29 is 14.4 Å². The van der Waals surface area contributed by atoms with Gasteiger partial charge < -0.3 is 10.6 Å². The number of rotatable bonds is 6. The number of anilines is 1. The molecule has 0 spiro atoms. The zero-order valence-electron chi connectivity index (χ0n) is 17.4. The molecule has 0 radical (unpaired) electrons. The first-order valence-electron chi connectivity index (χ1n) is 10.6. The molecule has 0 aromatic heterocycles. The van der Waals surface area contributed by atoms with Crippen LogP contribution in [0.2, 0.25) is 5.02 Å². The van der Waals surface area contributed by atoms with Crippen LogP contribution in [0.15, 0.2) is 59.3 Å². The predicted molar refractivity (Wildman–Crippen MR) is 124 cm³/mol. The van der Waals surface area contributed by atoms with Crippen molar-refractivity contribution in [3.63, 3.8) is 0 Å². The zero-order valence-corrected chi connectivity index (χ0v) is 18.9. The Bertz CT molecular complexity index is 1060. The van der Waals surface area contributed by atoms with Gasteiger partial charge in [-0.05, 0) is 54.8 Å². The Morgan fingerprint density at radius 2 is 1.56 bits per heavy atom. The first-order chi connectivity index (χ1) is 15.4. The largest absolute Gasteiger partial charge is 0.375 e. The third kappa shape index (κ3) is 4.81. The number of nitrogens with zero attached hydrogens (tertiary/aromatic N) is 1. The Hall–Kier alpha value is -2.83. The predicted octanol–water partition coefficient (Wildman–Crippen LogP) is 4.83. The monoisotopic (exact) mass is 471 g/mol. The van der Waals surface area contributed by atoms with Crippen molar-refractivity contribution in [3.8, 4) is 0 Å². The number of benzene rings is 2.